The third-order valence-electron chi connectivity index (χ3n) is 6.24. The Hall–Kier alpha value is -3.11. The van der Waals surface area contributed by atoms with E-state index in [2.05, 4.69) is 19.9 Å². The molecule has 0 N–H and O–H groups in total. The number of rotatable bonds is 7. The van der Waals surface area contributed by atoms with Gasteiger partial charge in [0.05, 0.1) is 5.92 Å². The van der Waals surface area contributed by atoms with Crippen LogP contribution in [0.3, 0.4) is 0 Å². The van der Waals surface area contributed by atoms with E-state index in [9.17, 15) is 9.18 Å². The smallest absolute Gasteiger partial charge is 0.310 e. The second-order valence-electron chi connectivity index (χ2n) is 8.97. The molecule has 1 saturated carbocycles. The molecule has 0 aromatic heterocycles. The second kappa shape index (κ2) is 9.40. The van der Waals surface area contributed by atoms with Crippen LogP contribution in [0.4, 0.5) is 4.39 Å². The van der Waals surface area contributed by atoms with Crippen molar-refractivity contribution in [1.82, 2.24) is 0 Å². The summed E-state index contributed by atoms with van der Waals surface area (Å²) in [7, 11) is 0. The van der Waals surface area contributed by atoms with Crippen molar-refractivity contribution in [3.63, 3.8) is 0 Å². The molecule has 0 amide bonds. The number of carbonyl (C=O) groups excluding carboxylic acids is 1. The zero-order chi connectivity index (χ0) is 23.6. The van der Waals surface area contributed by atoms with Crippen LogP contribution in [-0.2, 0) is 16.1 Å². The van der Waals surface area contributed by atoms with Gasteiger partial charge in [0.15, 0.2) is 11.6 Å². The fourth-order valence-electron chi connectivity index (χ4n) is 4.09. The van der Waals surface area contributed by atoms with Gasteiger partial charge in [-0.05, 0) is 71.4 Å². The number of esters is 1. The van der Waals surface area contributed by atoms with Gasteiger partial charge in [-0.15, -0.1) is 0 Å². The Balaban J connectivity index is 1.40. The van der Waals surface area contributed by atoms with Gasteiger partial charge in [-0.1, -0.05) is 67.9 Å². The van der Waals surface area contributed by atoms with Crippen molar-refractivity contribution in [3.05, 3.63) is 101 Å². The standard InChI is InChI=1S/C28H26ClFO3/c1-18(20-10-12-21(29)13-11-20)15-23-26(28(23,2)3)27(31)32-17-19-9-14-24(30)25(16-19)33-22-7-5-4-6-8-22/h4-16,23,26H,17H2,1-3H3. The average Bonchev–Trinajstić information content (AvgIpc) is 3.34. The molecule has 33 heavy (non-hydrogen) atoms. The van der Waals surface area contributed by atoms with Gasteiger partial charge in [-0.2, -0.15) is 0 Å². The Kier molecular flexibility index (Phi) is 6.57. The van der Waals surface area contributed by atoms with Crippen LogP contribution in [-0.4, -0.2) is 5.97 Å². The van der Waals surface area contributed by atoms with Crippen LogP contribution in [0.5, 0.6) is 11.5 Å². The first-order chi connectivity index (χ1) is 15.8. The van der Waals surface area contributed by atoms with Gasteiger partial charge in [0.1, 0.15) is 12.4 Å². The lowest BCUT2D eigenvalue weighted by atomic mass is 10.0. The van der Waals surface area contributed by atoms with Crippen molar-refractivity contribution in [3.8, 4) is 11.5 Å². The molecule has 0 saturated heterocycles. The van der Waals surface area contributed by atoms with Crippen LogP contribution < -0.4 is 4.74 Å². The summed E-state index contributed by atoms with van der Waals surface area (Å²) in [4.78, 5) is 12.8. The summed E-state index contributed by atoms with van der Waals surface area (Å²) in [6, 6.07) is 21.1. The van der Waals surface area contributed by atoms with Crippen LogP contribution in [0, 0.1) is 23.1 Å². The highest BCUT2D eigenvalue weighted by Gasteiger charge is 2.61. The van der Waals surface area contributed by atoms with Crippen LogP contribution in [0.1, 0.15) is 31.9 Å². The first-order valence-corrected chi connectivity index (χ1v) is 11.3. The molecule has 2 atom stereocenters. The highest BCUT2D eigenvalue weighted by Crippen LogP contribution is 2.60. The summed E-state index contributed by atoms with van der Waals surface area (Å²) in [5, 5.41) is 0.692. The third-order valence-corrected chi connectivity index (χ3v) is 6.49. The molecule has 170 valence electrons. The van der Waals surface area contributed by atoms with Gasteiger partial charge < -0.3 is 9.47 Å². The molecule has 1 aliphatic rings. The largest absolute Gasteiger partial charge is 0.461 e. The maximum atomic E-state index is 14.2. The molecular formula is C28H26ClFO3. The van der Waals surface area contributed by atoms with E-state index in [0.717, 1.165) is 11.1 Å². The highest BCUT2D eigenvalue weighted by molar-refractivity contribution is 6.30. The lowest BCUT2D eigenvalue weighted by Crippen LogP contribution is -2.10. The van der Waals surface area contributed by atoms with Gasteiger partial charge in [0, 0.05) is 5.02 Å². The number of ether oxygens (including phenoxy) is 2. The summed E-state index contributed by atoms with van der Waals surface area (Å²) >= 11 is 5.98. The van der Waals surface area contributed by atoms with Crippen molar-refractivity contribution in [1.29, 1.82) is 0 Å². The molecule has 3 aromatic rings. The maximum Gasteiger partial charge on any atom is 0.310 e. The molecule has 0 radical (unpaired) electrons. The first kappa shape index (κ1) is 23.1. The monoisotopic (exact) mass is 464 g/mol. The number of para-hydroxylation sites is 1. The number of benzene rings is 3. The second-order valence-corrected chi connectivity index (χ2v) is 9.41. The number of hydrogen-bond donors (Lipinski definition) is 0. The fourth-order valence-corrected chi connectivity index (χ4v) is 4.22. The van der Waals surface area contributed by atoms with Gasteiger partial charge >= 0.3 is 5.97 Å². The van der Waals surface area contributed by atoms with Crippen molar-refractivity contribution < 1.29 is 18.7 Å². The minimum Gasteiger partial charge on any atom is -0.461 e. The number of hydrogen-bond acceptors (Lipinski definition) is 3. The lowest BCUT2D eigenvalue weighted by Gasteiger charge is -2.10. The normalized spacial score (nSPS) is 19.1. The maximum absolute atomic E-state index is 14.2. The summed E-state index contributed by atoms with van der Waals surface area (Å²) < 4.78 is 25.4. The Morgan fingerprint density at radius 1 is 1.06 bits per heavy atom. The number of allylic oxidation sites excluding steroid dienone is 2. The van der Waals surface area contributed by atoms with Crippen molar-refractivity contribution >= 4 is 23.1 Å². The van der Waals surface area contributed by atoms with Gasteiger partial charge in [0.2, 0.25) is 0 Å². The van der Waals surface area contributed by atoms with Gasteiger partial charge in [0.25, 0.3) is 0 Å². The van der Waals surface area contributed by atoms with E-state index in [1.165, 1.54) is 6.07 Å². The average molecular weight is 465 g/mol. The van der Waals surface area contributed by atoms with E-state index < -0.39 is 5.82 Å². The molecule has 0 aliphatic heterocycles. The molecule has 3 nitrogen and oxygen atoms in total. The SMILES string of the molecule is CC(=CC1C(C(=O)OCc2ccc(F)c(Oc3ccccc3)c2)C1(C)C)c1ccc(Cl)cc1. The van der Waals surface area contributed by atoms with E-state index in [1.54, 1.807) is 24.3 Å². The molecule has 0 spiro atoms. The molecule has 1 fully saturated rings. The molecule has 2 unspecified atom stereocenters. The van der Waals surface area contributed by atoms with Crippen LogP contribution in [0.2, 0.25) is 5.02 Å². The van der Waals surface area contributed by atoms with Crippen molar-refractivity contribution in [2.24, 2.45) is 17.3 Å². The summed E-state index contributed by atoms with van der Waals surface area (Å²) in [6.45, 7) is 6.23. The van der Waals surface area contributed by atoms with E-state index in [1.807, 2.05) is 49.4 Å². The minimum atomic E-state index is -0.472. The molecule has 5 heteroatoms. The summed E-state index contributed by atoms with van der Waals surface area (Å²) in [5.41, 5.74) is 2.65. The molecular weight excluding hydrogens is 439 g/mol. The minimum absolute atomic E-state index is 0.0590. The highest BCUT2D eigenvalue weighted by atomic mass is 35.5. The third kappa shape index (κ3) is 5.28. The molecule has 3 aromatic carbocycles. The topological polar surface area (TPSA) is 35.5 Å². The molecule has 0 bridgehead atoms. The predicted octanol–water partition coefficient (Wildman–Crippen LogP) is 7.69. The lowest BCUT2D eigenvalue weighted by molar-refractivity contribution is -0.147. The summed E-state index contributed by atoms with van der Waals surface area (Å²) in [6.07, 6.45) is 2.14. The Labute approximate surface area is 198 Å². The fraction of sp³-hybridized carbons (Fsp3) is 0.250. The van der Waals surface area contributed by atoms with Gasteiger partial charge in [-0.25, -0.2) is 4.39 Å². The van der Waals surface area contributed by atoms with Crippen molar-refractivity contribution in [2.45, 2.75) is 27.4 Å². The summed E-state index contributed by atoms with van der Waals surface area (Å²) in [5.74, 6) is -0.219. The van der Waals surface area contributed by atoms with E-state index in [0.29, 0.717) is 16.3 Å². The molecule has 4 rings (SSSR count). The number of halogens is 2. The zero-order valence-corrected chi connectivity index (χ0v) is 19.6. The predicted molar refractivity (Wildman–Crippen MR) is 129 cm³/mol. The van der Waals surface area contributed by atoms with Crippen LogP contribution >= 0.6 is 11.6 Å². The Bertz CT molecular complexity index is 1170. The Morgan fingerprint density at radius 2 is 1.76 bits per heavy atom. The van der Waals surface area contributed by atoms with Crippen molar-refractivity contribution in [2.75, 3.05) is 0 Å². The molecule has 0 heterocycles. The van der Waals surface area contributed by atoms with E-state index >= 15 is 0 Å². The van der Waals surface area contributed by atoms with E-state index in [-0.39, 0.29) is 35.6 Å². The quantitative estimate of drug-likeness (QED) is 0.336. The number of carbonyl (C=O) groups is 1. The zero-order valence-electron chi connectivity index (χ0n) is 18.8. The molecule has 1 aliphatic carbocycles. The van der Waals surface area contributed by atoms with Crippen LogP contribution in [0.15, 0.2) is 78.9 Å². The van der Waals surface area contributed by atoms with Gasteiger partial charge in [-0.3, -0.25) is 4.79 Å². The van der Waals surface area contributed by atoms with E-state index in [4.69, 9.17) is 21.1 Å². The Morgan fingerprint density at radius 3 is 2.45 bits per heavy atom. The first-order valence-electron chi connectivity index (χ1n) is 10.9. The van der Waals surface area contributed by atoms with Crippen LogP contribution in [0.25, 0.3) is 5.57 Å².